The quantitative estimate of drug-likeness (QED) is 0.362. The predicted molar refractivity (Wildman–Crippen MR) is 80.9 cm³/mol. The Kier molecular flexibility index (Phi) is 7.61. The van der Waals surface area contributed by atoms with E-state index in [-0.39, 0.29) is 6.61 Å². The summed E-state index contributed by atoms with van der Waals surface area (Å²) in [4.78, 5) is 45.1. The van der Waals surface area contributed by atoms with Gasteiger partial charge in [0.05, 0.1) is 0 Å². The van der Waals surface area contributed by atoms with Crippen molar-refractivity contribution in [3.8, 4) is 0 Å². The Morgan fingerprint density at radius 1 is 0.792 bits per heavy atom. The molecule has 0 aromatic rings. The van der Waals surface area contributed by atoms with Gasteiger partial charge in [-0.15, -0.1) is 0 Å². The van der Waals surface area contributed by atoms with Crippen molar-refractivity contribution in [3.63, 3.8) is 0 Å². The number of carbonyl (C=O) groups is 4. The lowest BCUT2D eigenvalue weighted by molar-refractivity contribution is -0.236. The molecule has 1 aliphatic rings. The molecular weight excluding hydrogens is 392 g/mol. The van der Waals surface area contributed by atoms with Gasteiger partial charge in [0.1, 0.15) is 12.7 Å². The summed E-state index contributed by atoms with van der Waals surface area (Å²) >= 11 is 3.18. The van der Waals surface area contributed by atoms with Crippen molar-refractivity contribution < 1.29 is 42.9 Å². The molecule has 24 heavy (non-hydrogen) atoms. The number of alkyl halides is 1. The zero-order valence-corrected chi connectivity index (χ0v) is 15.2. The summed E-state index contributed by atoms with van der Waals surface area (Å²) in [5, 5.41) is -0.863. The van der Waals surface area contributed by atoms with Crippen LogP contribution in [0.1, 0.15) is 27.7 Å². The smallest absolute Gasteiger partial charge is 0.303 e. The Balaban J connectivity index is 3.11. The number of halogens is 1. The molecule has 0 bridgehead atoms. The van der Waals surface area contributed by atoms with Gasteiger partial charge in [0, 0.05) is 27.7 Å². The molecule has 1 rings (SSSR count). The lowest BCUT2D eigenvalue weighted by Gasteiger charge is -2.42. The molecule has 5 atom stereocenters. The van der Waals surface area contributed by atoms with E-state index in [1.165, 1.54) is 13.8 Å². The van der Waals surface area contributed by atoms with Crippen molar-refractivity contribution in [3.05, 3.63) is 0 Å². The fraction of sp³-hybridized carbons (Fsp3) is 0.714. The van der Waals surface area contributed by atoms with E-state index in [0.717, 1.165) is 13.8 Å². The second-order valence-electron chi connectivity index (χ2n) is 5.05. The van der Waals surface area contributed by atoms with Gasteiger partial charge in [0.15, 0.2) is 23.3 Å². The van der Waals surface area contributed by atoms with E-state index in [4.69, 9.17) is 23.7 Å². The molecule has 0 amide bonds. The molecule has 1 unspecified atom stereocenters. The van der Waals surface area contributed by atoms with Crippen LogP contribution in [0.4, 0.5) is 0 Å². The van der Waals surface area contributed by atoms with E-state index >= 15 is 0 Å². The first-order chi connectivity index (χ1) is 11.1. The zero-order chi connectivity index (χ0) is 18.4. The molecule has 0 N–H and O–H groups in total. The third-order valence-corrected chi connectivity index (χ3v) is 3.67. The minimum absolute atomic E-state index is 0.236. The highest BCUT2D eigenvalue weighted by molar-refractivity contribution is 9.09. The number of carbonyl (C=O) groups excluding carboxylic acids is 4. The average molecular weight is 411 g/mol. The van der Waals surface area contributed by atoms with E-state index < -0.39 is 53.3 Å². The van der Waals surface area contributed by atoms with Crippen molar-refractivity contribution >= 4 is 39.8 Å². The van der Waals surface area contributed by atoms with Gasteiger partial charge in [-0.3, -0.25) is 19.2 Å². The minimum atomic E-state index is -1.13. The minimum Gasteiger partial charge on any atom is -0.463 e. The van der Waals surface area contributed by atoms with E-state index in [1.807, 2.05) is 0 Å². The van der Waals surface area contributed by atoms with Crippen LogP contribution in [0.5, 0.6) is 0 Å². The average Bonchev–Trinajstić information content (AvgIpc) is 2.42. The summed E-state index contributed by atoms with van der Waals surface area (Å²) in [5.41, 5.74) is 0. The maximum absolute atomic E-state index is 11.4. The van der Waals surface area contributed by atoms with Crippen molar-refractivity contribution in [2.24, 2.45) is 0 Å². The van der Waals surface area contributed by atoms with Gasteiger partial charge in [0.2, 0.25) is 0 Å². The summed E-state index contributed by atoms with van der Waals surface area (Å²) < 4.78 is 25.9. The molecule has 0 spiro atoms. The molecule has 1 heterocycles. The van der Waals surface area contributed by atoms with Crippen molar-refractivity contribution in [2.75, 3.05) is 6.61 Å². The molecular formula is C14H19BrO9. The lowest BCUT2D eigenvalue weighted by atomic mass is 9.99. The summed E-state index contributed by atoms with van der Waals surface area (Å²) in [6, 6.07) is 0. The normalized spacial score (nSPS) is 29.3. The van der Waals surface area contributed by atoms with Crippen LogP contribution in [0, 0.1) is 0 Å². The number of rotatable bonds is 5. The van der Waals surface area contributed by atoms with Gasteiger partial charge in [0.25, 0.3) is 0 Å². The maximum Gasteiger partial charge on any atom is 0.303 e. The summed E-state index contributed by atoms with van der Waals surface area (Å²) in [5.74, 6) is -2.52. The zero-order valence-electron chi connectivity index (χ0n) is 13.6. The van der Waals surface area contributed by atoms with Gasteiger partial charge in [-0.2, -0.15) is 0 Å². The molecule has 0 aromatic heterocycles. The van der Waals surface area contributed by atoms with Crippen LogP contribution in [0.2, 0.25) is 0 Å². The molecule has 1 saturated heterocycles. The van der Waals surface area contributed by atoms with Crippen LogP contribution < -0.4 is 0 Å². The van der Waals surface area contributed by atoms with Crippen LogP contribution >= 0.6 is 15.9 Å². The SMILES string of the molecule is CC(=O)OCC1O[C@H](Br)[C@H](OC(C)=O)[C@@H](OC(C)=O)[C@@H]1OC(C)=O. The highest BCUT2D eigenvalue weighted by Gasteiger charge is 2.51. The monoisotopic (exact) mass is 410 g/mol. The fourth-order valence-electron chi connectivity index (χ4n) is 2.18. The van der Waals surface area contributed by atoms with Gasteiger partial charge in [-0.05, 0) is 0 Å². The van der Waals surface area contributed by atoms with Gasteiger partial charge in [-0.1, -0.05) is 15.9 Å². The third-order valence-electron chi connectivity index (χ3n) is 2.93. The van der Waals surface area contributed by atoms with E-state index in [0.29, 0.717) is 0 Å². The molecule has 0 aromatic carbocycles. The highest BCUT2D eigenvalue weighted by Crippen LogP contribution is 2.31. The second kappa shape index (κ2) is 8.97. The first-order valence-electron chi connectivity index (χ1n) is 7.06. The van der Waals surface area contributed by atoms with Crippen molar-refractivity contribution in [1.82, 2.24) is 0 Å². The largest absolute Gasteiger partial charge is 0.463 e. The van der Waals surface area contributed by atoms with Crippen molar-refractivity contribution in [1.29, 1.82) is 0 Å². The Morgan fingerprint density at radius 3 is 1.71 bits per heavy atom. The standard InChI is InChI=1S/C14H19BrO9/c1-6(16)20-5-10-11(21-7(2)17)12(22-8(3)18)13(14(15)24-10)23-9(4)19/h10-14H,5H2,1-4H3/t10?,11-,12+,13-,14+/m1/s1. The summed E-state index contributed by atoms with van der Waals surface area (Å²) in [7, 11) is 0. The Labute approximate surface area is 147 Å². The number of esters is 4. The molecule has 1 fully saturated rings. The highest BCUT2D eigenvalue weighted by atomic mass is 79.9. The fourth-order valence-corrected chi connectivity index (χ4v) is 2.86. The van der Waals surface area contributed by atoms with Crippen LogP contribution in [-0.4, -0.2) is 59.9 Å². The molecule has 9 nitrogen and oxygen atoms in total. The van der Waals surface area contributed by atoms with Gasteiger partial charge >= 0.3 is 23.9 Å². The predicted octanol–water partition coefficient (Wildman–Crippen LogP) is 0.464. The molecule has 136 valence electrons. The third kappa shape index (κ3) is 6.08. The summed E-state index contributed by atoms with van der Waals surface area (Å²) in [6.07, 6.45) is -4.22. The topological polar surface area (TPSA) is 114 Å². The number of hydrogen-bond acceptors (Lipinski definition) is 9. The Bertz CT molecular complexity index is 506. The Morgan fingerprint density at radius 2 is 1.25 bits per heavy atom. The van der Waals surface area contributed by atoms with E-state index in [9.17, 15) is 19.2 Å². The second-order valence-corrected chi connectivity index (χ2v) is 5.95. The van der Waals surface area contributed by atoms with Crippen LogP contribution in [0.25, 0.3) is 0 Å². The van der Waals surface area contributed by atoms with Gasteiger partial charge in [-0.25, -0.2) is 0 Å². The number of hydrogen-bond donors (Lipinski definition) is 0. The van der Waals surface area contributed by atoms with Crippen LogP contribution in [0.15, 0.2) is 0 Å². The summed E-state index contributed by atoms with van der Waals surface area (Å²) in [6.45, 7) is 4.47. The van der Waals surface area contributed by atoms with Crippen LogP contribution in [0.3, 0.4) is 0 Å². The van der Waals surface area contributed by atoms with Gasteiger partial charge < -0.3 is 23.7 Å². The molecule has 10 heteroatoms. The van der Waals surface area contributed by atoms with E-state index in [2.05, 4.69) is 15.9 Å². The molecule has 0 saturated carbocycles. The van der Waals surface area contributed by atoms with E-state index in [1.54, 1.807) is 0 Å². The molecule has 0 aliphatic carbocycles. The lowest BCUT2D eigenvalue weighted by Crippen LogP contribution is -2.60. The molecule has 0 radical (unpaired) electrons. The van der Waals surface area contributed by atoms with Crippen LogP contribution in [-0.2, 0) is 42.9 Å². The molecule has 1 aliphatic heterocycles. The van der Waals surface area contributed by atoms with Crippen molar-refractivity contribution in [2.45, 2.75) is 57.1 Å². The Hall–Kier alpha value is -1.68. The maximum atomic E-state index is 11.4. The number of ether oxygens (including phenoxy) is 5. The first-order valence-corrected chi connectivity index (χ1v) is 7.98. The first kappa shape index (κ1) is 20.4.